The van der Waals surface area contributed by atoms with E-state index in [2.05, 4.69) is 9.97 Å². The number of rotatable bonds is 12. The van der Waals surface area contributed by atoms with Gasteiger partial charge in [0.1, 0.15) is 34.8 Å². The lowest BCUT2D eigenvalue weighted by Gasteiger charge is -2.22. The van der Waals surface area contributed by atoms with Gasteiger partial charge >= 0.3 is 7.60 Å². The van der Waals surface area contributed by atoms with Gasteiger partial charge in [0.2, 0.25) is 0 Å². The van der Waals surface area contributed by atoms with Crippen LogP contribution >= 0.6 is 19.2 Å². The summed E-state index contributed by atoms with van der Waals surface area (Å²) in [4.78, 5) is 40.6. The second kappa shape index (κ2) is 17.8. The number of anilines is 1. The Morgan fingerprint density at radius 2 is 1.43 bits per heavy atom. The van der Waals surface area contributed by atoms with Gasteiger partial charge in [-0.2, -0.15) is 0 Å². The third-order valence-electron chi connectivity index (χ3n) is 7.43. The van der Waals surface area contributed by atoms with Gasteiger partial charge in [0.25, 0.3) is 5.91 Å². The molecule has 0 bridgehead atoms. The fourth-order valence-corrected chi connectivity index (χ4v) is 4.92. The molecule has 1 amide bonds. The van der Waals surface area contributed by atoms with Crippen LogP contribution in [-0.4, -0.2) is 113 Å². The van der Waals surface area contributed by atoms with Gasteiger partial charge in [-0.25, -0.2) is 13.8 Å². The first-order valence-electron chi connectivity index (χ1n) is 15.1. The van der Waals surface area contributed by atoms with Gasteiger partial charge in [0.05, 0.1) is 73.8 Å². The molecule has 0 unspecified atom stereocenters. The number of hydrogen-bond acceptors (Lipinski definition) is 13. The summed E-state index contributed by atoms with van der Waals surface area (Å²) in [6, 6.07) is 8.19. The van der Waals surface area contributed by atoms with Crippen molar-refractivity contribution in [2.75, 3.05) is 50.8 Å². The quantitative estimate of drug-likeness (QED) is 0.0894. The fraction of sp³-hybridized carbons (Fsp3) is 0.387. The number of aliphatic hydroxyl groups excluding tert-OH is 6. The molecule has 51 heavy (non-hydrogen) atoms. The number of carbonyl (C=O) groups is 1. The zero-order valence-electron chi connectivity index (χ0n) is 26.9. The van der Waals surface area contributed by atoms with Crippen LogP contribution in [0, 0.1) is 11.6 Å². The van der Waals surface area contributed by atoms with Crippen molar-refractivity contribution in [1.82, 2.24) is 9.97 Å². The molecule has 12 N–H and O–H groups in total. The normalized spacial score (nSPS) is 13.3. The van der Waals surface area contributed by atoms with Crippen LogP contribution in [0.5, 0.6) is 0 Å². The molecule has 20 heteroatoms. The number of aliphatic hydroxyl groups is 6. The molecule has 0 aliphatic heterocycles. The Morgan fingerprint density at radius 3 is 1.84 bits per heavy atom. The van der Waals surface area contributed by atoms with Crippen LogP contribution in [0.25, 0.3) is 22.2 Å². The number of fused-ring (bicyclic) bond motifs is 1. The molecule has 0 atom stereocenters. The van der Waals surface area contributed by atoms with Crippen molar-refractivity contribution < 1.29 is 63.0 Å². The van der Waals surface area contributed by atoms with E-state index in [1.165, 1.54) is 6.20 Å². The Kier molecular flexibility index (Phi) is 14.7. The van der Waals surface area contributed by atoms with Crippen molar-refractivity contribution in [1.29, 1.82) is 0 Å². The van der Waals surface area contributed by atoms with Gasteiger partial charge in [0.15, 0.2) is 5.82 Å². The summed E-state index contributed by atoms with van der Waals surface area (Å²) in [7, 11) is -4.84. The molecule has 5 rings (SSSR count). The maximum Gasteiger partial charge on any atom is 0.345 e. The molecule has 16 nitrogen and oxygen atoms in total. The molecule has 280 valence electrons. The van der Waals surface area contributed by atoms with Crippen molar-refractivity contribution in [3.8, 4) is 11.3 Å². The van der Waals surface area contributed by atoms with E-state index in [0.29, 0.717) is 32.7 Å². The number of aromatic nitrogens is 2. The highest BCUT2D eigenvalue weighted by molar-refractivity contribution is 7.51. The first-order valence-corrected chi connectivity index (χ1v) is 17.2. The average molecular weight is 762 g/mol. The van der Waals surface area contributed by atoms with Crippen LogP contribution in [0.1, 0.15) is 34.9 Å². The van der Waals surface area contributed by atoms with Gasteiger partial charge < -0.3 is 56.3 Å². The minimum absolute atomic E-state index is 0.297. The van der Waals surface area contributed by atoms with Crippen molar-refractivity contribution in [3.05, 3.63) is 76.8 Å². The van der Waals surface area contributed by atoms with Gasteiger partial charge in [-0.1, -0.05) is 17.7 Å². The van der Waals surface area contributed by atoms with Gasteiger partial charge in [-0.15, -0.1) is 0 Å². The molecule has 2 heterocycles. The van der Waals surface area contributed by atoms with Gasteiger partial charge in [0, 0.05) is 16.9 Å². The number of amides is 1. The topological polar surface area (TPSA) is 290 Å². The highest BCUT2D eigenvalue weighted by atomic mass is 35.5. The Labute approximate surface area is 294 Å². The summed E-state index contributed by atoms with van der Waals surface area (Å²) in [5.74, 6) is -2.68. The van der Waals surface area contributed by atoms with E-state index >= 15 is 0 Å². The second-order valence-corrected chi connectivity index (χ2v) is 13.9. The summed E-state index contributed by atoms with van der Waals surface area (Å²) < 4.78 is 45.9. The van der Waals surface area contributed by atoms with Crippen LogP contribution in [-0.2, 0) is 4.57 Å². The maximum atomic E-state index is 14.2. The highest BCUT2D eigenvalue weighted by Crippen LogP contribution is 2.43. The molecule has 4 aromatic rings. The Balaban J connectivity index is 0.000000366. The molecule has 1 saturated carbocycles. The van der Waals surface area contributed by atoms with Crippen molar-refractivity contribution in [2.45, 2.75) is 29.8 Å². The number of carbonyl (C=O) groups excluding carboxylic acids is 1. The second-order valence-electron chi connectivity index (χ2n) is 11.9. The minimum Gasteiger partial charge on any atom is -0.461 e. The lowest BCUT2D eigenvalue weighted by molar-refractivity contribution is 0.0695. The summed E-state index contributed by atoms with van der Waals surface area (Å²) in [5.41, 5.74) is 8.31. The number of furan rings is 1. The number of nitrogens with zero attached hydrogens (tertiary/aromatic N) is 3. The van der Waals surface area contributed by atoms with Gasteiger partial charge in [-0.05, 0) is 43.2 Å². The van der Waals surface area contributed by atoms with E-state index in [9.17, 15) is 27.9 Å². The van der Waals surface area contributed by atoms with Crippen molar-refractivity contribution >= 4 is 41.9 Å². The van der Waals surface area contributed by atoms with Crippen molar-refractivity contribution in [2.24, 2.45) is 11.5 Å². The minimum atomic E-state index is -4.84. The Morgan fingerprint density at radius 1 is 0.902 bits per heavy atom. The predicted molar refractivity (Wildman–Crippen MR) is 181 cm³/mol. The molecule has 2 aromatic heterocycles. The molecule has 0 spiro atoms. The molecular formula is C31H39ClF2N5O11P. The molecule has 1 aliphatic rings. The molecule has 0 saturated heterocycles. The molecule has 0 radical (unpaired) electrons. The monoisotopic (exact) mass is 761 g/mol. The number of halogens is 3. The van der Waals surface area contributed by atoms with E-state index in [0.717, 1.165) is 48.4 Å². The predicted octanol–water partition coefficient (Wildman–Crippen LogP) is 0.802. The van der Waals surface area contributed by atoms with E-state index in [-0.39, 0.29) is 5.82 Å². The Hall–Kier alpha value is -3.49. The van der Waals surface area contributed by atoms with Crippen LogP contribution in [0.3, 0.4) is 0 Å². The van der Waals surface area contributed by atoms with Crippen LogP contribution in [0.4, 0.5) is 14.6 Å². The highest BCUT2D eigenvalue weighted by Gasteiger charge is 2.31. The fourth-order valence-electron chi connectivity index (χ4n) is 4.01. The third-order valence-corrected chi connectivity index (χ3v) is 8.40. The lowest BCUT2D eigenvalue weighted by Crippen LogP contribution is -2.50. The smallest absolute Gasteiger partial charge is 0.345 e. The zero-order chi connectivity index (χ0) is 38.1. The maximum absolute atomic E-state index is 14.2. The molecular weight excluding hydrogens is 723 g/mol. The largest absolute Gasteiger partial charge is 0.461 e. The summed E-state index contributed by atoms with van der Waals surface area (Å²) in [5, 5.41) is 51.3. The van der Waals surface area contributed by atoms with Crippen molar-refractivity contribution in [3.63, 3.8) is 0 Å². The SMILES string of the molecule is NC(CO)(CO)CO.NC(CO)(CO)CO.O=C(c1c(F)cccc1F)N(CP(=O)(O)O)c1cnc(-c2cc3oc(C4CC4)cc3cc2Cl)cn1. The number of hydrogen-bond donors (Lipinski definition) is 10. The van der Waals surface area contributed by atoms with E-state index in [4.69, 9.17) is 58.1 Å². The Bertz CT molecular complexity index is 1760. The molecule has 1 aliphatic carbocycles. The number of nitrogens with two attached hydrogens (primary N) is 2. The average Bonchev–Trinajstić information content (AvgIpc) is 3.89. The third kappa shape index (κ3) is 11.2. The molecule has 2 aromatic carbocycles. The first kappa shape index (κ1) is 41.9. The summed E-state index contributed by atoms with van der Waals surface area (Å²) in [6.45, 7) is -2.42. The molecule has 1 fully saturated rings. The van der Waals surface area contributed by atoms with Crippen LogP contribution in [0.2, 0.25) is 5.02 Å². The summed E-state index contributed by atoms with van der Waals surface area (Å²) >= 11 is 6.44. The summed E-state index contributed by atoms with van der Waals surface area (Å²) in [6.07, 6.45) is 3.31. The van der Waals surface area contributed by atoms with E-state index in [1.807, 2.05) is 6.07 Å². The van der Waals surface area contributed by atoms with Crippen LogP contribution in [0.15, 0.2) is 53.2 Å². The van der Waals surface area contributed by atoms with Crippen LogP contribution < -0.4 is 16.4 Å². The van der Waals surface area contributed by atoms with E-state index in [1.54, 1.807) is 12.1 Å². The number of benzene rings is 2. The zero-order valence-corrected chi connectivity index (χ0v) is 28.6. The standard InChI is InChI=1S/C23H17ClF2N3O5P.2C4H11NO3/c24-15-6-13-7-19(12-4-5-12)34-20(13)8-14(15)18-9-28-21(10-27-18)29(11-35(31,32)33)23(30)22-16(25)2-1-3-17(22)26;2*5-4(1-6,2-7)3-8/h1-3,6-10,12H,4-5,11H2,(H2,31,32,33);2*6-8H,1-3,5H2. The van der Waals surface area contributed by atoms with Gasteiger partial charge in [-0.3, -0.25) is 19.2 Å². The first-order chi connectivity index (χ1) is 24.0. The van der Waals surface area contributed by atoms with E-state index < -0.39 is 87.7 Å². The lowest BCUT2D eigenvalue weighted by atomic mass is 10.1.